The van der Waals surface area contributed by atoms with Crippen LogP contribution in [0, 0.1) is 0 Å². The zero-order valence-corrected chi connectivity index (χ0v) is 13.4. The van der Waals surface area contributed by atoms with E-state index in [0.29, 0.717) is 6.42 Å². The number of amides is 1. The number of ether oxygens (including phenoxy) is 1. The lowest BCUT2D eigenvalue weighted by atomic mass is 10.0. The summed E-state index contributed by atoms with van der Waals surface area (Å²) in [6.45, 7) is 0. The lowest BCUT2D eigenvalue weighted by Gasteiger charge is -2.12. The van der Waals surface area contributed by atoms with Gasteiger partial charge in [0, 0.05) is 24.9 Å². The third kappa shape index (κ3) is 3.73. The number of benzene rings is 1. The van der Waals surface area contributed by atoms with Crippen molar-refractivity contribution in [2.45, 2.75) is 18.6 Å². The van der Waals surface area contributed by atoms with Crippen molar-refractivity contribution in [2.24, 2.45) is 0 Å². The molecule has 2 atom stereocenters. The summed E-state index contributed by atoms with van der Waals surface area (Å²) in [4.78, 5) is 30.9. The van der Waals surface area contributed by atoms with Crippen molar-refractivity contribution in [1.29, 1.82) is 0 Å². The molecular formula is C16H17N5O4. The highest BCUT2D eigenvalue weighted by Gasteiger charge is 2.28. The van der Waals surface area contributed by atoms with Gasteiger partial charge < -0.3 is 15.2 Å². The molecular weight excluding hydrogens is 326 g/mol. The maximum atomic E-state index is 12.3. The van der Waals surface area contributed by atoms with Crippen molar-refractivity contribution in [3.8, 4) is 5.75 Å². The molecule has 2 heterocycles. The third-order valence-electron chi connectivity index (χ3n) is 3.82. The Labute approximate surface area is 143 Å². The van der Waals surface area contributed by atoms with Gasteiger partial charge in [0.2, 0.25) is 0 Å². The summed E-state index contributed by atoms with van der Waals surface area (Å²) < 4.78 is 5.21. The summed E-state index contributed by atoms with van der Waals surface area (Å²) in [6.07, 6.45) is 2.70. The summed E-state index contributed by atoms with van der Waals surface area (Å²) in [5.74, 6) is -1.15. The summed E-state index contributed by atoms with van der Waals surface area (Å²) >= 11 is 0. The number of hydrogen-bond acceptors (Lipinski definition) is 7. The van der Waals surface area contributed by atoms with Crippen molar-refractivity contribution in [3.63, 3.8) is 0 Å². The van der Waals surface area contributed by atoms with E-state index >= 15 is 0 Å². The van der Waals surface area contributed by atoms with Gasteiger partial charge in [-0.1, -0.05) is 12.1 Å². The van der Waals surface area contributed by atoms with E-state index in [2.05, 4.69) is 26.1 Å². The first kappa shape index (κ1) is 16.8. The highest BCUT2D eigenvalue weighted by Crippen LogP contribution is 2.24. The number of methoxy groups -OCH3 is 1. The first-order chi connectivity index (χ1) is 12.1. The van der Waals surface area contributed by atoms with Gasteiger partial charge in [-0.3, -0.25) is 4.79 Å². The minimum atomic E-state index is -1.30. The number of aromatic carboxylic acids is 1. The van der Waals surface area contributed by atoms with E-state index in [-0.39, 0.29) is 23.6 Å². The molecule has 2 aromatic rings. The molecule has 2 unspecified atom stereocenters. The molecule has 1 aliphatic rings. The van der Waals surface area contributed by atoms with Crippen LogP contribution in [0.5, 0.6) is 5.75 Å². The Kier molecular flexibility index (Phi) is 4.87. The van der Waals surface area contributed by atoms with Crippen LogP contribution >= 0.6 is 0 Å². The van der Waals surface area contributed by atoms with Crippen LogP contribution in [0.1, 0.15) is 39.0 Å². The molecule has 0 spiro atoms. The first-order valence-electron chi connectivity index (χ1n) is 7.58. The van der Waals surface area contributed by atoms with Gasteiger partial charge in [-0.15, -0.1) is 0 Å². The van der Waals surface area contributed by atoms with E-state index in [0.717, 1.165) is 11.3 Å². The Morgan fingerprint density at radius 3 is 2.72 bits per heavy atom. The zero-order chi connectivity index (χ0) is 17.8. The Hall–Kier alpha value is -3.04. The quantitative estimate of drug-likeness (QED) is 0.618. The Morgan fingerprint density at radius 2 is 2.00 bits per heavy atom. The van der Waals surface area contributed by atoms with Crippen LogP contribution in [-0.4, -0.2) is 40.2 Å². The normalized spacial score (nSPS) is 19.4. The van der Waals surface area contributed by atoms with Gasteiger partial charge in [0.15, 0.2) is 11.4 Å². The lowest BCUT2D eigenvalue weighted by molar-refractivity contribution is 0.0682. The molecule has 1 saturated heterocycles. The minimum absolute atomic E-state index is 0.0267. The maximum absolute atomic E-state index is 12.3. The molecule has 4 N–H and O–H groups in total. The number of carbonyl (C=O) groups excluding carboxylic acids is 1. The number of carboxylic acids is 1. The SMILES string of the molecule is COc1cccc(C2CC(NC(=O)c3nccnc3C(=O)O)NN2)c1. The highest BCUT2D eigenvalue weighted by molar-refractivity contribution is 6.02. The predicted octanol–water partition coefficient (Wildman–Crippen LogP) is 0.478. The first-order valence-corrected chi connectivity index (χ1v) is 7.58. The van der Waals surface area contributed by atoms with Crippen LogP contribution in [0.25, 0.3) is 0 Å². The fourth-order valence-corrected chi connectivity index (χ4v) is 2.61. The Balaban J connectivity index is 1.67. The second-order valence-electron chi connectivity index (χ2n) is 5.44. The van der Waals surface area contributed by atoms with Gasteiger partial charge in [-0.25, -0.2) is 25.6 Å². The molecule has 1 amide bonds. The lowest BCUT2D eigenvalue weighted by Crippen LogP contribution is -2.44. The fourth-order valence-electron chi connectivity index (χ4n) is 2.61. The van der Waals surface area contributed by atoms with Crippen LogP contribution in [0.4, 0.5) is 0 Å². The molecule has 0 bridgehead atoms. The van der Waals surface area contributed by atoms with E-state index in [1.54, 1.807) is 7.11 Å². The summed E-state index contributed by atoms with van der Waals surface area (Å²) in [6, 6.07) is 7.58. The van der Waals surface area contributed by atoms with Gasteiger partial charge in [0.1, 0.15) is 5.75 Å². The number of rotatable bonds is 5. The summed E-state index contributed by atoms with van der Waals surface area (Å²) in [5.41, 5.74) is 6.48. The Morgan fingerprint density at radius 1 is 1.24 bits per heavy atom. The van der Waals surface area contributed by atoms with E-state index in [1.807, 2.05) is 24.3 Å². The molecule has 0 radical (unpaired) electrons. The van der Waals surface area contributed by atoms with Gasteiger partial charge in [-0.05, 0) is 17.7 Å². The Bertz CT molecular complexity index is 798. The molecule has 0 aliphatic carbocycles. The number of aromatic nitrogens is 2. The molecule has 9 heteroatoms. The number of hydrazine groups is 1. The average molecular weight is 343 g/mol. The molecule has 0 saturated carbocycles. The van der Waals surface area contributed by atoms with Crippen molar-refractivity contribution >= 4 is 11.9 Å². The molecule has 1 aromatic heterocycles. The minimum Gasteiger partial charge on any atom is -0.497 e. The van der Waals surface area contributed by atoms with E-state index in [1.165, 1.54) is 12.4 Å². The van der Waals surface area contributed by atoms with Gasteiger partial charge in [-0.2, -0.15) is 0 Å². The highest BCUT2D eigenvalue weighted by atomic mass is 16.5. The maximum Gasteiger partial charge on any atom is 0.356 e. The number of carbonyl (C=O) groups is 2. The summed E-state index contributed by atoms with van der Waals surface area (Å²) in [5, 5.41) is 11.8. The number of nitrogens with zero attached hydrogens (tertiary/aromatic N) is 2. The van der Waals surface area contributed by atoms with E-state index < -0.39 is 11.9 Å². The molecule has 130 valence electrons. The smallest absolute Gasteiger partial charge is 0.356 e. The van der Waals surface area contributed by atoms with Crippen molar-refractivity contribution < 1.29 is 19.4 Å². The third-order valence-corrected chi connectivity index (χ3v) is 3.82. The number of hydrogen-bond donors (Lipinski definition) is 4. The van der Waals surface area contributed by atoms with Crippen LogP contribution in [0.2, 0.25) is 0 Å². The van der Waals surface area contributed by atoms with Gasteiger partial charge >= 0.3 is 5.97 Å². The van der Waals surface area contributed by atoms with Crippen LogP contribution < -0.4 is 20.9 Å². The molecule has 3 rings (SSSR count). The fraction of sp³-hybridized carbons (Fsp3) is 0.250. The van der Waals surface area contributed by atoms with Crippen molar-refractivity contribution in [1.82, 2.24) is 26.1 Å². The topological polar surface area (TPSA) is 125 Å². The second-order valence-corrected chi connectivity index (χ2v) is 5.44. The van der Waals surface area contributed by atoms with Crippen LogP contribution in [0.15, 0.2) is 36.7 Å². The predicted molar refractivity (Wildman–Crippen MR) is 86.9 cm³/mol. The average Bonchev–Trinajstić information content (AvgIpc) is 3.10. The molecule has 9 nitrogen and oxygen atoms in total. The van der Waals surface area contributed by atoms with Crippen molar-refractivity contribution in [3.05, 3.63) is 53.6 Å². The van der Waals surface area contributed by atoms with Crippen LogP contribution in [0.3, 0.4) is 0 Å². The molecule has 25 heavy (non-hydrogen) atoms. The zero-order valence-electron chi connectivity index (χ0n) is 13.4. The van der Waals surface area contributed by atoms with Crippen molar-refractivity contribution in [2.75, 3.05) is 7.11 Å². The molecule has 1 fully saturated rings. The number of carboxylic acid groups (broad SMARTS) is 1. The largest absolute Gasteiger partial charge is 0.497 e. The number of nitrogens with one attached hydrogen (secondary N) is 3. The second kappa shape index (κ2) is 7.24. The van der Waals surface area contributed by atoms with Crippen LogP contribution in [-0.2, 0) is 0 Å². The van der Waals surface area contributed by atoms with Gasteiger partial charge in [0.25, 0.3) is 5.91 Å². The van der Waals surface area contributed by atoms with E-state index in [9.17, 15) is 9.59 Å². The van der Waals surface area contributed by atoms with E-state index in [4.69, 9.17) is 9.84 Å². The standard InChI is InChI=1S/C16H17N5O4/c1-25-10-4-2-3-9(7-10)11-8-12(21-20-11)19-15(22)13-14(16(23)24)18-6-5-17-13/h2-7,11-12,20-21H,8H2,1H3,(H,19,22)(H,23,24). The molecule has 1 aliphatic heterocycles. The molecule has 1 aromatic carbocycles. The summed E-state index contributed by atoms with van der Waals surface area (Å²) in [7, 11) is 1.60. The van der Waals surface area contributed by atoms with Gasteiger partial charge in [0.05, 0.1) is 13.3 Å². The monoisotopic (exact) mass is 343 g/mol.